The summed E-state index contributed by atoms with van der Waals surface area (Å²) in [7, 11) is 0. The van der Waals surface area contributed by atoms with Gasteiger partial charge < -0.3 is 11.1 Å². The maximum atomic E-state index is 12.9. The van der Waals surface area contributed by atoms with Gasteiger partial charge in [-0.15, -0.1) is 0 Å². The molecule has 2 nitrogen and oxygen atoms in total. The maximum Gasteiger partial charge on any atom is 0.123 e. The Labute approximate surface area is 100 Å². The van der Waals surface area contributed by atoms with Crippen LogP contribution in [-0.4, -0.2) is 6.54 Å². The zero-order valence-electron chi connectivity index (χ0n) is 9.49. The molecule has 0 fully saturated rings. The van der Waals surface area contributed by atoms with Gasteiger partial charge in [-0.05, 0) is 48.4 Å². The Morgan fingerprint density at radius 3 is 2.53 bits per heavy atom. The van der Waals surface area contributed by atoms with Crippen LogP contribution in [0.2, 0.25) is 0 Å². The minimum atomic E-state index is -0.185. The summed E-state index contributed by atoms with van der Waals surface area (Å²) in [4.78, 5) is 0. The highest BCUT2D eigenvalue weighted by molar-refractivity contribution is 5.51. The lowest BCUT2D eigenvalue weighted by Crippen LogP contribution is -2.04. The maximum absolute atomic E-state index is 12.9. The first kappa shape index (κ1) is 11.5. The van der Waals surface area contributed by atoms with Crippen molar-refractivity contribution in [2.75, 3.05) is 17.6 Å². The van der Waals surface area contributed by atoms with Crippen molar-refractivity contribution in [3.8, 4) is 0 Å². The molecule has 3 N–H and O–H groups in total. The summed E-state index contributed by atoms with van der Waals surface area (Å²) in [5.41, 5.74) is 8.36. The molecule has 2 aromatic rings. The molecular formula is C14H15FN2. The van der Waals surface area contributed by atoms with Gasteiger partial charge in [-0.2, -0.15) is 0 Å². The predicted octanol–water partition coefficient (Wildman–Crippen LogP) is 3.06. The molecule has 2 rings (SSSR count). The molecule has 17 heavy (non-hydrogen) atoms. The SMILES string of the molecule is Nc1ccc(NCCc2cccc(F)c2)cc1. The molecular weight excluding hydrogens is 215 g/mol. The summed E-state index contributed by atoms with van der Waals surface area (Å²) in [5.74, 6) is -0.185. The predicted molar refractivity (Wildman–Crippen MR) is 69.4 cm³/mol. The second-order valence-corrected chi connectivity index (χ2v) is 3.93. The van der Waals surface area contributed by atoms with Gasteiger partial charge in [0.05, 0.1) is 0 Å². The number of nitrogen functional groups attached to an aromatic ring is 1. The van der Waals surface area contributed by atoms with Gasteiger partial charge in [0.1, 0.15) is 5.82 Å². The summed E-state index contributed by atoms with van der Waals surface area (Å²) >= 11 is 0. The Morgan fingerprint density at radius 1 is 1.06 bits per heavy atom. The number of anilines is 2. The van der Waals surface area contributed by atoms with E-state index in [4.69, 9.17) is 5.73 Å². The van der Waals surface area contributed by atoms with E-state index in [1.807, 2.05) is 30.3 Å². The summed E-state index contributed by atoms with van der Waals surface area (Å²) in [6.45, 7) is 0.771. The highest BCUT2D eigenvalue weighted by atomic mass is 19.1. The molecule has 0 aliphatic rings. The fourth-order valence-corrected chi connectivity index (χ4v) is 1.64. The first-order chi connectivity index (χ1) is 8.24. The Bertz CT molecular complexity index is 480. The lowest BCUT2D eigenvalue weighted by atomic mass is 10.1. The molecule has 0 atom stereocenters. The van der Waals surface area contributed by atoms with Gasteiger partial charge in [-0.3, -0.25) is 0 Å². The van der Waals surface area contributed by atoms with Crippen LogP contribution in [0.25, 0.3) is 0 Å². The Hall–Kier alpha value is -2.03. The van der Waals surface area contributed by atoms with E-state index in [0.29, 0.717) is 0 Å². The van der Waals surface area contributed by atoms with Gasteiger partial charge >= 0.3 is 0 Å². The summed E-state index contributed by atoms with van der Waals surface area (Å²) in [6.07, 6.45) is 0.794. The van der Waals surface area contributed by atoms with Crippen LogP contribution >= 0.6 is 0 Å². The van der Waals surface area contributed by atoms with Crippen LogP contribution < -0.4 is 11.1 Å². The fraction of sp³-hybridized carbons (Fsp3) is 0.143. The number of hydrogen-bond acceptors (Lipinski definition) is 2. The van der Waals surface area contributed by atoms with Crippen molar-refractivity contribution in [2.45, 2.75) is 6.42 Å². The molecule has 0 heterocycles. The van der Waals surface area contributed by atoms with Crippen molar-refractivity contribution >= 4 is 11.4 Å². The van der Waals surface area contributed by atoms with Crippen molar-refractivity contribution in [1.29, 1.82) is 0 Å². The van der Waals surface area contributed by atoms with E-state index in [-0.39, 0.29) is 5.82 Å². The molecule has 0 spiro atoms. The average Bonchev–Trinajstić information content (AvgIpc) is 2.32. The normalized spacial score (nSPS) is 10.2. The summed E-state index contributed by atoms with van der Waals surface area (Å²) in [5, 5.41) is 3.26. The average molecular weight is 230 g/mol. The summed E-state index contributed by atoms with van der Waals surface area (Å²) in [6, 6.07) is 14.2. The van der Waals surface area contributed by atoms with Gasteiger partial charge in [0.2, 0.25) is 0 Å². The highest BCUT2D eigenvalue weighted by Crippen LogP contribution is 2.11. The molecule has 2 aromatic carbocycles. The van der Waals surface area contributed by atoms with Gasteiger partial charge in [0, 0.05) is 17.9 Å². The minimum absolute atomic E-state index is 0.185. The van der Waals surface area contributed by atoms with Crippen molar-refractivity contribution in [3.05, 3.63) is 59.9 Å². The third-order valence-electron chi connectivity index (χ3n) is 2.54. The minimum Gasteiger partial charge on any atom is -0.399 e. The monoisotopic (exact) mass is 230 g/mol. The molecule has 0 saturated heterocycles. The van der Waals surface area contributed by atoms with E-state index in [2.05, 4.69) is 5.32 Å². The Balaban J connectivity index is 1.85. The van der Waals surface area contributed by atoms with Crippen LogP contribution in [0.5, 0.6) is 0 Å². The van der Waals surface area contributed by atoms with E-state index in [1.54, 1.807) is 12.1 Å². The van der Waals surface area contributed by atoms with Crippen molar-refractivity contribution in [1.82, 2.24) is 0 Å². The zero-order chi connectivity index (χ0) is 12.1. The van der Waals surface area contributed by atoms with Gasteiger partial charge in [-0.1, -0.05) is 12.1 Å². The molecule has 0 unspecified atom stereocenters. The standard InChI is InChI=1S/C14H15FN2/c15-12-3-1-2-11(10-12)8-9-17-14-6-4-13(16)5-7-14/h1-7,10,17H,8-9,16H2. The molecule has 0 bridgehead atoms. The lowest BCUT2D eigenvalue weighted by molar-refractivity contribution is 0.625. The molecule has 0 amide bonds. The van der Waals surface area contributed by atoms with E-state index in [9.17, 15) is 4.39 Å². The second-order valence-electron chi connectivity index (χ2n) is 3.93. The first-order valence-corrected chi connectivity index (χ1v) is 5.58. The van der Waals surface area contributed by atoms with Crippen molar-refractivity contribution in [2.24, 2.45) is 0 Å². The highest BCUT2D eigenvalue weighted by Gasteiger charge is 1.96. The fourth-order valence-electron chi connectivity index (χ4n) is 1.64. The second kappa shape index (κ2) is 5.34. The Kier molecular flexibility index (Phi) is 3.60. The largest absolute Gasteiger partial charge is 0.399 e. The van der Waals surface area contributed by atoms with Gasteiger partial charge in [0.15, 0.2) is 0 Å². The number of nitrogens with one attached hydrogen (secondary N) is 1. The van der Waals surface area contributed by atoms with E-state index in [1.165, 1.54) is 6.07 Å². The van der Waals surface area contributed by atoms with Gasteiger partial charge in [-0.25, -0.2) is 4.39 Å². The third-order valence-corrected chi connectivity index (χ3v) is 2.54. The van der Waals surface area contributed by atoms with Crippen LogP contribution in [-0.2, 0) is 6.42 Å². The summed E-state index contributed by atoms with van der Waals surface area (Å²) < 4.78 is 12.9. The van der Waals surface area contributed by atoms with Crippen LogP contribution in [0.15, 0.2) is 48.5 Å². The Morgan fingerprint density at radius 2 is 1.82 bits per heavy atom. The van der Waals surface area contributed by atoms with E-state index < -0.39 is 0 Å². The molecule has 0 aliphatic heterocycles. The number of benzene rings is 2. The van der Waals surface area contributed by atoms with Gasteiger partial charge in [0.25, 0.3) is 0 Å². The molecule has 0 aliphatic carbocycles. The van der Waals surface area contributed by atoms with E-state index in [0.717, 1.165) is 29.9 Å². The van der Waals surface area contributed by atoms with Crippen LogP contribution in [0.1, 0.15) is 5.56 Å². The topological polar surface area (TPSA) is 38.0 Å². The van der Waals surface area contributed by atoms with E-state index >= 15 is 0 Å². The molecule has 0 saturated carbocycles. The van der Waals surface area contributed by atoms with Crippen LogP contribution in [0.3, 0.4) is 0 Å². The molecule has 88 valence electrons. The number of nitrogens with two attached hydrogens (primary N) is 1. The quantitative estimate of drug-likeness (QED) is 0.792. The number of halogens is 1. The van der Waals surface area contributed by atoms with Crippen LogP contribution in [0, 0.1) is 5.82 Å². The molecule has 0 aromatic heterocycles. The van der Waals surface area contributed by atoms with Crippen LogP contribution in [0.4, 0.5) is 15.8 Å². The van der Waals surface area contributed by atoms with Crippen molar-refractivity contribution in [3.63, 3.8) is 0 Å². The first-order valence-electron chi connectivity index (χ1n) is 5.58. The molecule has 0 radical (unpaired) electrons. The zero-order valence-corrected chi connectivity index (χ0v) is 9.49. The lowest BCUT2D eigenvalue weighted by Gasteiger charge is -2.06. The number of rotatable bonds is 4. The third kappa shape index (κ3) is 3.48. The van der Waals surface area contributed by atoms with Crippen molar-refractivity contribution < 1.29 is 4.39 Å². The molecule has 3 heteroatoms. The number of hydrogen-bond donors (Lipinski definition) is 2. The smallest absolute Gasteiger partial charge is 0.123 e.